The van der Waals surface area contributed by atoms with E-state index >= 15 is 13.3 Å². The summed E-state index contributed by atoms with van der Waals surface area (Å²) >= 11 is 0. The highest BCUT2D eigenvalue weighted by molar-refractivity contribution is 7.83. The number of carbonyl (C=O) groups is 1. The van der Waals surface area contributed by atoms with E-state index < -0.39 is 53.4 Å². The number of carboxylic acids is 1. The third-order valence-electron chi connectivity index (χ3n) is 8.94. The number of fused-ring (bicyclic) bond motifs is 2. The number of allylic oxidation sites excluding steroid dienone is 5. The summed E-state index contributed by atoms with van der Waals surface area (Å²) in [6.45, 7) is 5.04. The molecule has 3 heterocycles. The Labute approximate surface area is 251 Å². The second-order valence-electron chi connectivity index (χ2n) is 11.9. The summed E-state index contributed by atoms with van der Waals surface area (Å²) in [5, 5.41) is 11.2. The van der Waals surface area contributed by atoms with Crippen molar-refractivity contribution in [3.8, 4) is 0 Å². The predicted molar refractivity (Wildman–Crippen MR) is 162 cm³/mol. The lowest BCUT2D eigenvalue weighted by molar-refractivity contribution is -0.601. The molecule has 0 radical (unpaired) electrons. The zero-order valence-electron chi connectivity index (χ0n) is 24.0. The molecule has 0 bridgehead atoms. The standard InChI is InChI=1S/C34H27F4N2O3P/c1-18-14-39(15-18)21-8-10-24-26(12-21)44(43,23-6-4-3-5-7-23)27-13-22(40-16-20(35)17-40)9-11-25(27)28(24)29-30(34(41)42)33(38)32(37)19(2)31(29)36/h3-13,18,20H,14-17H2,1-2H3/p+1. The lowest BCUT2D eigenvalue weighted by Crippen LogP contribution is -2.48. The molecule has 1 aliphatic carbocycles. The molecule has 0 amide bonds. The van der Waals surface area contributed by atoms with Gasteiger partial charge in [0, 0.05) is 50.5 Å². The number of anilines is 1. The molecule has 7 rings (SSSR count). The van der Waals surface area contributed by atoms with Crippen molar-refractivity contribution in [1.82, 2.24) is 0 Å². The number of halogens is 4. The van der Waals surface area contributed by atoms with Gasteiger partial charge in [-0.25, -0.2) is 26.9 Å². The molecule has 4 aliphatic rings. The zero-order valence-corrected chi connectivity index (χ0v) is 24.8. The van der Waals surface area contributed by atoms with E-state index in [1.807, 2.05) is 0 Å². The van der Waals surface area contributed by atoms with Crippen LogP contribution in [-0.4, -0.2) is 53.7 Å². The highest BCUT2D eigenvalue weighted by Gasteiger charge is 2.46. The molecule has 224 valence electrons. The summed E-state index contributed by atoms with van der Waals surface area (Å²) in [5.41, 5.74) is -0.491. The number of carboxylic acid groups (broad SMARTS) is 1. The molecule has 2 saturated heterocycles. The van der Waals surface area contributed by atoms with Crippen molar-refractivity contribution >= 4 is 40.7 Å². The molecule has 0 aromatic heterocycles. The van der Waals surface area contributed by atoms with Gasteiger partial charge >= 0.3 is 5.97 Å². The van der Waals surface area contributed by atoms with Crippen LogP contribution >= 0.6 is 7.14 Å². The SMILES string of the molecule is Cc1c(F)c(F)c(C(=O)O)c(C2=C3C=CC(=[N+]4CC(C)C4)C=C3P(=O)(c3ccccc3)c3cc(N4CC(F)C4)ccc32)c1F. The van der Waals surface area contributed by atoms with E-state index in [0.29, 0.717) is 27.5 Å². The molecule has 3 aromatic rings. The second-order valence-corrected chi connectivity index (χ2v) is 14.6. The number of hydrogen-bond acceptors (Lipinski definition) is 3. The fraction of sp³-hybridized carbons (Fsp3) is 0.235. The first-order chi connectivity index (χ1) is 21.0. The molecule has 0 spiro atoms. The van der Waals surface area contributed by atoms with Gasteiger partial charge < -0.3 is 14.6 Å². The average molecular weight is 620 g/mol. The van der Waals surface area contributed by atoms with Crippen molar-refractivity contribution in [3.05, 3.63) is 117 Å². The first-order valence-electron chi connectivity index (χ1n) is 14.4. The molecular formula is C34H28F4N2O3P+. The first kappa shape index (κ1) is 28.5. The van der Waals surface area contributed by atoms with Crippen molar-refractivity contribution in [2.75, 3.05) is 31.1 Å². The van der Waals surface area contributed by atoms with Gasteiger partial charge in [-0.3, -0.25) is 0 Å². The van der Waals surface area contributed by atoms with Crippen LogP contribution in [0.2, 0.25) is 0 Å². The maximum Gasteiger partial charge on any atom is 0.339 e. The van der Waals surface area contributed by atoms with Crippen LogP contribution in [0.5, 0.6) is 0 Å². The lowest BCUT2D eigenvalue weighted by Gasteiger charge is -2.39. The molecule has 1 N–H and O–H groups in total. The van der Waals surface area contributed by atoms with Crippen LogP contribution in [0.4, 0.5) is 23.2 Å². The number of hydrogen-bond donors (Lipinski definition) is 1. The Hall–Kier alpha value is -4.23. The van der Waals surface area contributed by atoms with E-state index in [1.54, 1.807) is 71.7 Å². The van der Waals surface area contributed by atoms with E-state index in [-0.39, 0.29) is 29.8 Å². The van der Waals surface area contributed by atoms with Crippen molar-refractivity contribution in [2.45, 2.75) is 20.0 Å². The summed E-state index contributed by atoms with van der Waals surface area (Å²) in [6, 6.07) is 13.8. The van der Waals surface area contributed by atoms with Gasteiger partial charge in [-0.15, -0.1) is 0 Å². The minimum Gasteiger partial charge on any atom is -0.478 e. The molecular weight excluding hydrogens is 591 g/mol. The van der Waals surface area contributed by atoms with E-state index in [9.17, 15) is 18.7 Å². The maximum absolute atomic E-state index is 16.2. The summed E-state index contributed by atoms with van der Waals surface area (Å²) in [5.74, 6) is -5.83. The van der Waals surface area contributed by atoms with Crippen molar-refractivity contribution in [3.63, 3.8) is 0 Å². The van der Waals surface area contributed by atoms with Gasteiger partial charge in [0.2, 0.25) is 5.71 Å². The average Bonchev–Trinajstić information content (AvgIpc) is 2.99. The van der Waals surface area contributed by atoms with Crippen LogP contribution in [0.25, 0.3) is 5.57 Å². The van der Waals surface area contributed by atoms with Crippen LogP contribution in [0.15, 0.2) is 77.6 Å². The molecule has 5 nitrogen and oxygen atoms in total. The number of alkyl halides is 1. The summed E-state index contributed by atoms with van der Waals surface area (Å²) in [4.78, 5) is 14.2. The summed E-state index contributed by atoms with van der Waals surface area (Å²) in [7, 11) is -3.73. The minimum atomic E-state index is -3.73. The molecule has 10 heteroatoms. The van der Waals surface area contributed by atoms with Crippen LogP contribution in [0.1, 0.15) is 34.0 Å². The fourth-order valence-corrected chi connectivity index (χ4v) is 9.68. The number of rotatable bonds is 4. The molecule has 1 unspecified atom stereocenters. The maximum atomic E-state index is 16.2. The van der Waals surface area contributed by atoms with Crippen LogP contribution in [0, 0.1) is 30.3 Å². The van der Waals surface area contributed by atoms with Gasteiger partial charge in [-0.2, -0.15) is 0 Å². The van der Waals surface area contributed by atoms with E-state index in [0.717, 1.165) is 25.7 Å². The molecule has 44 heavy (non-hydrogen) atoms. The monoisotopic (exact) mass is 619 g/mol. The Morgan fingerprint density at radius 2 is 1.70 bits per heavy atom. The quantitative estimate of drug-likeness (QED) is 0.170. The van der Waals surface area contributed by atoms with Gasteiger partial charge in [0.05, 0.1) is 19.0 Å². The third kappa shape index (κ3) is 4.09. The number of nitrogens with zero attached hydrogens (tertiary/aromatic N) is 2. The largest absolute Gasteiger partial charge is 0.478 e. The fourth-order valence-electron chi connectivity index (χ4n) is 6.60. The van der Waals surface area contributed by atoms with Gasteiger partial charge in [-0.05, 0) is 36.3 Å². The number of benzene rings is 3. The second kappa shape index (κ2) is 10.2. The molecule has 3 aliphatic heterocycles. The normalized spacial score (nSPS) is 22.7. The third-order valence-corrected chi connectivity index (χ3v) is 12.1. The lowest BCUT2D eigenvalue weighted by atomic mass is 9.85. The smallest absolute Gasteiger partial charge is 0.339 e. The molecule has 2 fully saturated rings. The zero-order chi connectivity index (χ0) is 31.1. The Balaban J connectivity index is 1.61. The Bertz CT molecular complexity index is 1950. The van der Waals surface area contributed by atoms with Gasteiger partial charge in [0.1, 0.15) is 17.6 Å². The first-order valence-corrected chi connectivity index (χ1v) is 16.1. The van der Waals surface area contributed by atoms with Crippen LogP contribution < -0.4 is 15.5 Å². The molecule has 1 atom stereocenters. The summed E-state index contributed by atoms with van der Waals surface area (Å²) < 4.78 is 78.1. The van der Waals surface area contributed by atoms with Crippen molar-refractivity contribution in [2.24, 2.45) is 5.92 Å². The van der Waals surface area contributed by atoms with E-state index in [1.165, 1.54) is 0 Å². The van der Waals surface area contributed by atoms with Crippen molar-refractivity contribution in [1.29, 1.82) is 0 Å². The van der Waals surface area contributed by atoms with Gasteiger partial charge in [0.15, 0.2) is 31.9 Å². The highest BCUT2D eigenvalue weighted by atomic mass is 31.2. The van der Waals surface area contributed by atoms with E-state index in [4.69, 9.17) is 0 Å². The molecule has 0 saturated carbocycles. The Morgan fingerprint density at radius 3 is 2.34 bits per heavy atom. The van der Waals surface area contributed by atoms with Gasteiger partial charge in [-0.1, -0.05) is 43.3 Å². The minimum absolute atomic E-state index is 0.0105. The highest BCUT2D eigenvalue weighted by Crippen LogP contribution is 2.62. The number of aromatic carboxylic acids is 1. The van der Waals surface area contributed by atoms with Crippen LogP contribution in [0.3, 0.4) is 0 Å². The van der Waals surface area contributed by atoms with Crippen LogP contribution in [-0.2, 0) is 4.57 Å². The topological polar surface area (TPSA) is 60.6 Å². The van der Waals surface area contributed by atoms with E-state index in [2.05, 4.69) is 11.5 Å². The predicted octanol–water partition coefficient (Wildman–Crippen LogP) is 5.95. The Morgan fingerprint density at radius 1 is 1.00 bits per heavy atom. The van der Waals surface area contributed by atoms with Gasteiger partial charge in [0.25, 0.3) is 0 Å². The summed E-state index contributed by atoms with van der Waals surface area (Å²) in [6.07, 6.45) is 4.25. The Kier molecular flexibility index (Phi) is 6.59. The van der Waals surface area contributed by atoms with Crippen molar-refractivity contribution < 1.29 is 36.6 Å². The molecule has 3 aromatic carbocycles.